The first kappa shape index (κ1) is 16.2. The molecule has 0 atom stereocenters. The van der Waals surface area contributed by atoms with E-state index in [9.17, 15) is 9.59 Å². The third kappa shape index (κ3) is 3.02. The van der Waals surface area contributed by atoms with Crippen LogP contribution < -0.4 is 15.3 Å². The molecule has 0 radical (unpaired) electrons. The molecule has 0 saturated carbocycles. The summed E-state index contributed by atoms with van der Waals surface area (Å²) in [5.41, 5.74) is 0.532. The molecule has 3 heterocycles. The minimum absolute atomic E-state index is 0.0211. The minimum Gasteiger partial charge on any atom is -0.401 e. The van der Waals surface area contributed by atoms with Gasteiger partial charge >= 0.3 is 5.69 Å². The van der Waals surface area contributed by atoms with E-state index in [2.05, 4.69) is 20.8 Å². The Morgan fingerprint density at radius 2 is 2.08 bits per heavy atom. The molecule has 4 rings (SSSR count). The first-order chi connectivity index (χ1) is 12.6. The van der Waals surface area contributed by atoms with Gasteiger partial charge in [0.05, 0.1) is 5.70 Å². The van der Waals surface area contributed by atoms with Gasteiger partial charge in [-0.15, -0.1) is 4.68 Å². The summed E-state index contributed by atoms with van der Waals surface area (Å²) in [5.74, 6) is 0.159. The summed E-state index contributed by atoms with van der Waals surface area (Å²) in [7, 11) is 0. The van der Waals surface area contributed by atoms with Gasteiger partial charge in [0.25, 0.3) is 11.5 Å². The zero-order valence-corrected chi connectivity index (χ0v) is 14.0. The number of carbonyl (C=O) groups excluding carboxylic acids is 2. The summed E-state index contributed by atoms with van der Waals surface area (Å²) in [6, 6.07) is 5.62. The van der Waals surface area contributed by atoms with Crippen LogP contribution in [0.5, 0.6) is 0 Å². The molecule has 2 aromatic rings. The van der Waals surface area contributed by atoms with E-state index in [0.29, 0.717) is 18.8 Å². The highest BCUT2D eigenvalue weighted by Crippen LogP contribution is 2.24. The topological polar surface area (TPSA) is 119 Å². The smallest absolute Gasteiger partial charge is 0.344 e. The summed E-state index contributed by atoms with van der Waals surface area (Å²) in [5, 5.41) is 18.2. The molecule has 134 valence electrons. The highest BCUT2D eigenvalue weighted by molar-refractivity contribution is 6.22. The predicted octanol–water partition coefficient (Wildman–Crippen LogP) is -1.71. The van der Waals surface area contributed by atoms with E-state index in [4.69, 9.17) is 5.21 Å². The van der Waals surface area contributed by atoms with Crippen LogP contribution in [-0.2, 0) is 6.67 Å². The Morgan fingerprint density at radius 1 is 1.23 bits per heavy atom. The summed E-state index contributed by atoms with van der Waals surface area (Å²) in [6.07, 6.45) is 3.06. The monoisotopic (exact) mass is 357 g/mol. The Hall–Kier alpha value is -3.27. The Bertz CT molecular complexity index is 887. The number of nitrogens with zero attached hydrogens (tertiary/aromatic N) is 5. The van der Waals surface area contributed by atoms with Crippen LogP contribution in [0.15, 0.2) is 36.2 Å². The number of anilines is 1. The Morgan fingerprint density at radius 3 is 2.81 bits per heavy atom. The van der Waals surface area contributed by atoms with Crippen LogP contribution in [0.2, 0.25) is 0 Å². The number of Topliss-reactive ketones (excluding diaryl/α,β-unsaturated/α-hetero) is 1. The molecule has 1 fully saturated rings. The van der Waals surface area contributed by atoms with Gasteiger partial charge in [0.1, 0.15) is 5.82 Å². The molecule has 26 heavy (non-hydrogen) atoms. The average molecular weight is 357 g/mol. The maximum atomic E-state index is 12.5. The molecular formula is C16H19N7O3+2. The maximum Gasteiger partial charge on any atom is 0.344 e. The van der Waals surface area contributed by atoms with Gasteiger partial charge in [-0.1, -0.05) is 6.07 Å². The number of ketones is 2. The highest BCUT2D eigenvalue weighted by Gasteiger charge is 2.45. The van der Waals surface area contributed by atoms with Crippen LogP contribution >= 0.6 is 0 Å². The molecule has 10 heteroatoms. The lowest BCUT2D eigenvalue weighted by atomic mass is 10.0. The van der Waals surface area contributed by atoms with Crippen LogP contribution in [0.3, 0.4) is 0 Å². The van der Waals surface area contributed by atoms with E-state index in [1.54, 1.807) is 6.20 Å². The van der Waals surface area contributed by atoms with Gasteiger partial charge in [0.15, 0.2) is 16.7 Å². The second kappa shape index (κ2) is 6.56. The van der Waals surface area contributed by atoms with Crippen molar-refractivity contribution in [2.75, 3.05) is 31.5 Å². The summed E-state index contributed by atoms with van der Waals surface area (Å²) in [4.78, 5) is 31.6. The van der Waals surface area contributed by atoms with Crippen LogP contribution in [0.4, 0.5) is 5.82 Å². The third-order valence-corrected chi connectivity index (χ3v) is 4.16. The molecule has 1 saturated heterocycles. The van der Waals surface area contributed by atoms with E-state index >= 15 is 0 Å². The summed E-state index contributed by atoms with van der Waals surface area (Å²) < 4.78 is 1.36. The van der Waals surface area contributed by atoms with E-state index in [0.717, 1.165) is 23.8 Å². The number of rotatable bonds is 7. The largest absolute Gasteiger partial charge is 0.401 e. The summed E-state index contributed by atoms with van der Waals surface area (Å²) in [6.45, 7) is 2.98. The second-order valence-corrected chi connectivity index (χ2v) is 6.01. The quantitative estimate of drug-likeness (QED) is 0.262. The molecule has 2 aliphatic rings. The molecule has 1 aliphatic carbocycles. The lowest BCUT2D eigenvalue weighted by Crippen LogP contribution is -2.49. The Labute approximate surface area is 148 Å². The fourth-order valence-corrected chi connectivity index (χ4v) is 2.81. The number of nitrogens with one attached hydrogen (secondary N) is 2. The van der Waals surface area contributed by atoms with Gasteiger partial charge in [-0.3, -0.25) is 14.9 Å². The standard InChI is InChI=1S/C16H18N7O3/c24-12-9-11(21-7-8-21)16(25)15-14(12)22(20-23(15)26)10-17-5-6-19-13-3-1-2-4-18-13/h1-4,9,17H,5-8,10H2,(H,18,19)(H,20,26)/q+1/p+1. The van der Waals surface area contributed by atoms with Crippen molar-refractivity contribution in [3.8, 4) is 0 Å². The first-order valence-electron chi connectivity index (χ1n) is 8.31. The van der Waals surface area contributed by atoms with Crippen molar-refractivity contribution in [2.24, 2.45) is 0 Å². The lowest BCUT2D eigenvalue weighted by Gasteiger charge is -2.09. The third-order valence-electron chi connectivity index (χ3n) is 4.16. The fourth-order valence-electron chi connectivity index (χ4n) is 2.81. The molecule has 4 N–H and O–H groups in total. The fraction of sp³-hybridized carbons (Fsp3) is 0.312. The van der Waals surface area contributed by atoms with Crippen molar-refractivity contribution < 1.29 is 19.5 Å². The maximum absolute atomic E-state index is 12.5. The number of hydrogen-bond donors (Lipinski definition) is 2. The van der Waals surface area contributed by atoms with Gasteiger partial charge in [-0.05, 0) is 12.1 Å². The molecular weight excluding hydrogens is 338 g/mol. The van der Waals surface area contributed by atoms with E-state index in [-0.39, 0.29) is 29.6 Å². The molecule has 2 aromatic heterocycles. The Balaban J connectivity index is 1.39. The van der Waals surface area contributed by atoms with Crippen LogP contribution in [0.25, 0.3) is 0 Å². The predicted molar refractivity (Wildman–Crippen MR) is 90.5 cm³/mol. The van der Waals surface area contributed by atoms with Crippen molar-refractivity contribution in [2.45, 2.75) is 6.67 Å². The van der Waals surface area contributed by atoms with Crippen molar-refractivity contribution in [1.29, 1.82) is 0 Å². The average Bonchev–Trinajstić information content (AvgIpc) is 3.42. The van der Waals surface area contributed by atoms with E-state index in [1.165, 1.54) is 10.8 Å². The zero-order valence-electron chi connectivity index (χ0n) is 14.0. The number of fused-ring (bicyclic) bond motifs is 1. The van der Waals surface area contributed by atoms with Gasteiger partial charge in [0.2, 0.25) is 5.78 Å². The van der Waals surface area contributed by atoms with Crippen molar-refractivity contribution in [3.05, 3.63) is 47.6 Å². The Kier molecular flexibility index (Phi) is 4.09. The zero-order chi connectivity index (χ0) is 18.1. The van der Waals surface area contributed by atoms with Gasteiger partial charge in [0, 0.05) is 38.5 Å². The highest BCUT2D eigenvalue weighted by atomic mass is 16.5. The van der Waals surface area contributed by atoms with Crippen LogP contribution in [0, 0.1) is 0 Å². The van der Waals surface area contributed by atoms with E-state index in [1.807, 2.05) is 23.1 Å². The molecule has 0 unspecified atom stereocenters. The number of aromatic nitrogens is 4. The van der Waals surface area contributed by atoms with Gasteiger partial charge in [-0.25, -0.2) is 4.98 Å². The van der Waals surface area contributed by atoms with Crippen molar-refractivity contribution in [3.63, 3.8) is 0 Å². The van der Waals surface area contributed by atoms with Crippen molar-refractivity contribution >= 4 is 17.4 Å². The molecule has 0 bridgehead atoms. The number of carbonyl (C=O) groups is 2. The SMILES string of the molecule is O=C1C(N2CC2)=CC(=O)c2c1n([OH2+])n[n+]2CNCCNc1ccccn1. The molecule has 1 aliphatic heterocycles. The van der Waals surface area contributed by atoms with E-state index < -0.39 is 0 Å². The lowest BCUT2D eigenvalue weighted by molar-refractivity contribution is -0.762. The molecule has 0 aromatic carbocycles. The molecule has 0 spiro atoms. The normalized spacial score (nSPS) is 15.7. The van der Waals surface area contributed by atoms with Gasteiger partial charge in [-0.2, -0.15) is 0 Å². The van der Waals surface area contributed by atoms with Crippen LogP contribution in [0.1, 0.15) is 21.0 Å². The molecule has 10 nitrogen and oxygen atoms in total. The number of hydrogen-bond acceptors (Lipinski definition) is 7. The van der Waals surface area contributed by atoms with Gasteiger partial charge < -0.3 is 15.4 Å². The minimum atomic E-state index is -0.324. The number of pyridine rings is 1. The summed E-state index contributed by atoms with van der Waals surface area (Å²) >= 11 is 0. The first-order valence-corrected chi connectivity index (χ1v) is 8.31. The van der Waals surface area contributed by atoms with Crippen molar-refractivity contribution in [1.82, 2.24) is 25.3 Å². The van der Waals surface area contributed by atoms with Crippen LogP contribution in [-0.4, -0.2) is 62.9 Å². The second-order valence-electron chi connectivity index (χ2n) is 6.01. The number of allylic oxidation sites excluding steroid dienone is 2. The molecule has 0 amide bonds.